The highest BCUT2D eigenvalue weighted by atomic mass is 35.5. The molecule has 2 N–H and O–H groups in total. The minimum absolute atomic E-state index is 0.137. The van der Waals surface area contributed by atoms with Gasteiger partial charge in [-0.3, -0.25) is 4.79 Å². The molecule has 3 atom stereocenters. The van der Waals surface area contributed by atoms with Crippen molar-refractivity contribution in [2.24, 2.45) is 10.3 Å². The molecular formula is C25H29ClFN5O3S. The maximum Gasteiger partial charge on any atom is 0.257 e. The fourth-order valence-corrected chi connectivity index (χ4v) is 5.36. The van der Waals surface area contributed by atoms with Crippen LogP contribution in [0.4, 0.5) is 15.9 Å². The van der Waals surface area contributed by atoms with Crippen LogP contribution in [0.3, 0.4) is 0 Å². The molecule has 2 aliphatic rings. The number of ether oxygens (including phenoxy) is 1. The monoisotopic (exact) mass is 533 g/mol. The smallest absolute Gasteiger partial charge is 0.257 e. The number of alkyl halides is 2. The van der Waals surface area contributed by atoms with Crippen molar-refractivity contribution < 1.29 is 18.1 Å². The van der Waals surface area contributed by atoms with Crippen LogP contribution < -0.4 is 10.5 Å². The number of amides is 1. The van der Waals surface area contributed by atoms with Gasteiger partial charge in [-0.25, -0.2) is 18.6 Å². The molecule has 192 valence electrons. The van der Waals surface area contributed by atoms with Gasteiger partial charge in [0.05, 0.1) is 29.6 Å². The molecule has 0 radical (unpaired) electrons. The Morgan fingerprint density at radius 2 is 2.08 bits per heavy atom. The van der Waals surface area contributed by atoms with Gasteiger partial charge >= 0.3 is 0 Å². The van der Waals surface area contributed by atoms with Crippen LogP contribution in [0.5, 0.6) is 5.88 Å². The highest BCUT2D eigenvalue weighted by molar-refractivity contribution is 7.92. The summed E-state index contributed by atoms with van der Waals surface area (Å²) in [5.41, 5.74) is 9.36. The first-order valence-electron chi connectivity index (χ1n) is 11.5. The number of nitrogen functional groups attached to an aromatic ring is 1. The topological polar surface area (TPSA) is 111 Å². The van der Waals surface area contributed by atoms with Crippen LogP contribution in [0.15, 0.2) is 52.1 Å². The number of halogens is 2. The van der Waals surface area contributed by atoms with Gasteiger partial charge in [0.1, 0.15) is 6.17 Å². The van der Waals surface area contributed by atoms with E-state index < -0.39 is 21.3 Å². The van der Waals surface area contributed by atoms with Crippen molar-refractivity contribution in [3.63, 3.8) is 0 Å². The number of likely N-dealkylation sites (N-methyl/N-ethyl adjacent to an activating group) is 1. The molecule has 1 amide bonds. The number of fused-ring (bicyclic) bond motifs is 4. The molecule has 1 aromatic heterocycles. The van der Waals surface area contributed by atoms with Gasteiger partial charge in [-0.2, -0.15) is 4.36 Å². The molecule has 1 aliphatic carbocycles. The summed E-state index contributed by atoms with van der Waals surface area (Å²) >= 11 is 6.46. The molecule has 2 heterocycles. The Morgan fingerprint density at radius 1 is 1.33 bits per heavy atom. The first kappa shape index (κ1) is 26.1. The Morgan fingerprint density at radius 3 is 2.81 bits per heavy atom. The summed E-state index contributed by atoms with van der Waals surface area (Å²) in [6.45, 7) is 2.32. The van der Waals surface area contributed by atoms with Gasteiger partial charge in [-0.15, -0.1) is 11.6 Å². The first-order chi connectivity index (χ1) is 16.9. The number of nitrogens with two attached hydrogens (primary N) is 1. The summed E-state index contributed by atoms with van der Waals surface area (Å²) in [6.07, 6.45) is 6.55. The van der Waals surface area contributed by atoms with Crippen molar-refractivity contribution >= 4 is 38.7 Å². The minimum Gasteiger partial charge on any atom is -0.475 e. The lowest BCUT2D eigenvalue weighted by molar-refractivity contribution is -0.126. The zero-order chi connectivity index (χ0) is 26.2. The molecule has 4 rings (SSSR count). The van der Waals surface area contributed by atoms with Crippen molar-refractivity contribution in [1.29, 1.82) is 0 Å². The first-order valence-corrected chi connectivity index (χ1v) is 14.2. The molecule has 0 saturated heterocycles. The van der Waals surface area contributed by atoms with Crippen molar-refractivity contribution in [2.45, 2.75) is 31.4 Å². The predicted octanol–water partition coefficient (Wildman–Crippen LogP) is 4.27. The summed E-state index contributed by atoms with van der Waals surface area (Å²) < 4.78 is 37.0. The summed E-state index contributed by atoms with van der Waals surface area (Å²) in [7, 11) is -0.725. The van der Waals surface area contributed by atoms with Gasteiger partial charge in [0.25, 0.3) is 11.8 Å². The number of anilines is 1. The van der Waals surface area contributed by atoms with E-state index in [0.29, 0.717) is 34.5 Å². The molecule has 2 unspecified atom stereocenters. The number of rotatable bonds is 1. The fourth-order valence-electron chi connectivity index (χ4n) is 4.32. The zero-order valence-electron chi connectivity index (χ0n) is 20.6. The van der Waals surface area contributed by atoms with Crippen LogP contribution in [-0.4, -0.2) is 62.7 Å². The molecule has 8 nitrogen and oxygen atoms in total. The fraction of sp³-hybridized carbons (Fsp3) is 0.400. The number of allylic oxidation sites excluding steroid dienone is 2. The van der Waals surface area contributed by atoms with Gasteiger partial charge in [0.2, 0.25) is 0 Å². The Bertz CT molecular complexity index is 1380. The molecule has 11 heteroatoms. The van der Waals surface area contributed by atoms with E-state index in [1.54, 1.807) is 36.6 Å². The predicted molar refractivity (Wildman–Crippen MR) is 140 cm³/mol. The third-order valence-corrected chi connectivity index (χ3v) is 7.23. The quantitative estimate of drug-likeness (QED) is 0.548. The Labute approximate surface area is 215 Å². The molecule has 2 bridgehead atoms. The number of carbonyl (C=O) groups excluding carboxylic acids is 1. The van der Waals surface area contributed by atoms with Crippen LogP contribution >= 0.6 is 11.6 Å². The standard InChI is InChI=1S/C25H29ClFN5O3S/c1-14-9-10-35-24-23(28)29-12-20(30-24)18-11-16(31-36(3,4)34)6-5-15(18)13-32(2)25(33)17-7-8-19(27)22(26)21(14)17/h5-8,11-12,14,19,22H,9-10,13H2,1-4H3,(H2,28,29)/t14-,19?,22?/m0/s1. The van der Waals surface area contributed by atoms with Crippen molar-refractivity contribution in [1.82, 2.24) is 14.9 Å². The van der Waals surface area contributed by atoms with Gasteiger partial charge in [-0.1, -0.05) is 19.1 Å². The Kier molecular flexibility index (Phi) is 7.38. The Hall–Kier alpha value is -2.98. The minimum atomic E-state index is -2.40. The van der Waals surface area contributed by atoms with Crippen LogP contribution in [0.2, 0.25) is 0 Å². The summed E-state index contributed by atoms with van der Waals surface area (Å²) in [6, 6.07) is 5.31. The normalized spacial score (nSPS) is 22.9. The zero-order valence-corrected chi connectivity index (χ0v) is 22.1. The molecular weight excluding hydrogens is 505 g/mol. The number of hydrogen-bond donors (Lipinski definition) is 1. The van der Waals surface area contributed by atoms with Crippen LogP contribution in [0.25, 0.3) is 11.3 Å². The van der Waals surface area contributed by atoms with Gasteiger partial charge in [0.15, 0.2) is 5.82 Å². The lowest BCUT2D eigenvalue weighted by Gasteiger charge is -2.30. The van der Waals surface area contributed by atoms with Crippen LogP contribution in [-0.2, 0) is 21.1 Å². The number of benzene rings is 1. The van der Waals surface area contributed by atoms with E-state index in [0.717, 1.165) is 5.56 Å². The third kappa shape index (κ3) is 5.54. The second-order valence-corrected chi connectivity index (χ2v) is 12.3. The van der Waals surface area contributed by atoms with Gasteiger partial charge in [0, 0.05) is 47.0 Å². The average Bonchev–Trinajstić information content (AvgIpc) is 2.80. The van der Waals surface area contributed by atoms with Crippen LogP contribution in [0, 0.1) is 5.92 Å². The maximum atomic E-state index is 14.5. The summed E-state index contributed by atoms with van der Waals surface area (Å²) in [5.74, 6) is -0.180. The number of hydrogen-bond acceptors (Lipinski definition) is 7. The molecule has 0 spiro atoms. The SMILES string of the molecule is C[C@H]1CCOc2nc(cnc2N)-c2cc(N=S(C)(C)=O)ccc2CN(C)C(=O)C2=C1C(Cl)C(F)C=C2. The third-order valence-electron chi connectivity index (χ3n) is 6.10. The van der Waals surface area contributed by atoms with Gasteiger partial charge in [-0.05, 0) is 41.7 Å². The number of nitrogens with zero attached hydrogens (tertiary/aromatic N) is 4. The second-order valence-electron chi connectivity index (χ2n) is 9.33. The average molecular weight is 534 g/mol. The molecule has 1 aliphatic heterocycles. The van der Waals surface area contributed by atoms with E-state index in [-0.39, 0.29) is 36.7 Å². The molecule has 1 aromatic carbocycles. The van der Waals surface area contributed by atoms with Crippen molar-refractivity contribution in [3.05, 3.63) is 53.3 Å². The number of carbonyl (C=O) groups is 1. The van der Waals surface area contributed by atoms with Crippen LogP contribution in [0.1, 0.15) is 18.9 Å². The molecule has 2 aromatic rings. The van der Waals surface area contributed by atoms with E-state index in [4.69, 9.17) is 22.1 Å². The van der Waals surface area contributed by atoms with E-state index in [9.17, 15) is 13.4 Å². The molecule has 36 heavy (non-hydrogen) atoms. The summed E-state index contributed by atoms with van der Waals surface area (Å²) in [5, 5.41) is -0.951. The molecule has 0 fully saturated rings. The highest BCUT2D eigenvalue weighted by Gasteiger charge is 2.33. The van der Waals surface area contributed by atoms with E-state index in [1.807, 2.05) is 13.0 Å². The van der Waals surface area contributed by atoms with Gasteiger partial charge < -0.3 is 15.4 Å². The van der Waals surface area contributed by atoms with E-state index >= 15 is 0 Å². The van der Waals surface area contributed by atoms with E-state index in [1.165, 1.54) is 18.3 Å². The van der Waals surface area contributed by atoms with Crippen molar-refractivity contribution in [3.8, 4) is 17.1 Å². The van der Waals surface area contributed by atoms with Crippen molar-refractivity contribution in [2.75, 3.05) is 31.9 Å². The Balaban J connectivity index is 1.87. The second kappa shape index (κ2) is 10.2. The highest BCUT2D eigenvalue weighted by Crippen LogP contribution is 2.36. The largest absolute Gasteiger partial charge is 0.475 e. The maximum absolute atomic E-state index is 14.5. The van der Waals surface area contributed by atoms with E-state index in [2.05, 4.69) is 14.3 Å². The lowest BCUT2D eigenvalue weighted by atomic mass is 9.85. The lowest BCUT2D eigenvalue weighted by Crippen LogP contribution is -2.34. The molecule has 0 saturated carbocycles. The summed E-state index contributed by atoms with van der Waals surface area (Å²) in [4.78, 5) is 23.9. The number of aromatic nitrogens is 2.